The number of nitrogens with two attached hydrogens (primary N) is 1. The highest BCUT2D eigenvalue weighted by molar-refractivity contribution is 7.89. The van der Waals surface area contributed by atoms with Crippen LogP contribution in [0.3, 0.4) is 0 Å². The monoisotopic (exact) mass is 340 g/mol. The molecular weight excluding hydrogens is 324 g/mol. The largest absolute Gasteiger partial charge is 0.241 e. The molecule has 0 bridgehead atoms. The van der Waals surface area contributed by atoms with Crippen LogP contribution in [0.25, 0.3) is 0 Å². The maximum Gasteiger partial charge on any atom is 0.241 e. The predicted octanol–water partition coefficient (Wildman–Crippen LogP) is 1.12. The minimum atomic E-state index is -3.75. The molecule has 118 valence electrons. The van der Waals surface area contributed by atoms with Gasteiger partial charge in [0.15, 0.2) is 0 Å². The molecule has 0 fully saturated rings. The van der Waals surface area contributed by atoms with Crippen molar-refractivity contribution >= 4 is 20.0 Å². The molecular formula is C14H16N2O4S2. The van der Waals surface area contributed by atoms with Crippen molar-refractivity contribution in [2.45, 2.75) is 23.3 Å². The molecule has 0 saturated heterocycles. The van der Waals surface area contributed by atoms with E-state index in [1.165, 1.54) is 30.3 Å². The average molecular weight is 340 g/mol. The van der Waals surface area contributed by atoms with Crippen molar-refractivity contribution in [3.63, 3.8) is 0 Å². The molecule has 3 N–H and O–H groups in total. The van der Waals surface area contributed by atoms with Crippen molar-refractivity contribution in [2.24, 2.45) is 5.14 Å². The van der Waals surface area contributed by atoms with Crippen LogP contribution < -0.4 is 9.86 Å². The second-order valence-corrected chi connectivity index (χ2v) is 8.08. The van der Waals surface area contributed by atoms with Gasteiger partial charge in [0.2, 0.25) is 20.0 Å². The third kappa shape index (κ3) is 3.92. The van der Waals surface area contributed by atoms with Crippen molar-refractivity contribution < 1.29 is 16.8 Å². The second kappa shape index (κ2) is 6.17. The lowest BCUT2D eigenvalue weighted by molar-refractivity contribution is 0.580. The summed E-state index contributed by atoms with van der Waals surface area (Å²) in [7, 11) is -7.37. The molecule has 8 heteroatoms. The number of hydrogen-bond donors (Lipinski definition) is 2. The van der Waals surface area contributed by atoms with Crippen molar-refractivity contribution in [3.05, 3.63) is 59.7 Å². The quantitative estimate of drug-likeness (QED) is 0.850. The van der Waals surface area contributed by atoms with E-state index in [-0.39, 0.29) is 16.3 Å². The summed E-state index contributed by atoms with van der Waals surface area (Å²) in [6, 6.07) is 12.4. The second-order valence-electron chi connectivity index (χ2n) is 4.78. The van der Waals surface area contributed by atoms with Gasteiger partial charge in [-0.25, -0.2) is 26.7 Å². The van der Waals surface area contributed by atoms with Crippen LogP contribution in [0.2, 0.25) is 0 Å². The average Bonchev–Trinajstić information content (AvgIpc) is 2.45. The van der Waals surface area contributed by atoms with E-state index in [1.54, 1.807) is 25.1 Å². The molecule has 2 rings (SSSR count). The van der Waals surface area contributed by atoms with E-state index in [0.717, 1.165) is 0 Å². The Kier molecular flexibility index (Phi) is 4.66. The molecule has 0 heterocycles. The minimum Gasteiger partial charge on any atom is -0.225 e. The van der Waals surface area contributed by atoms with E-state index >= 15 is 0 Å². The van der Waals surface area contributed by atoms with E-state index in [4.69, 9.17) is 5.14 Å². The maximum absolute atomic E-state index is 12.2. The van der Waals surface area contributed by atoms with E-state index in [2.05, 4.69) is 4.72 Å². The zero-order chi connectivity index (χ0) is 16.4. The van der Waals surface area contributed by atoms with Crippen LogP contribution in [0.4, 0.5) is 0 Å². The first-order valence-electron chi connectivity index (χ1n) is 6.37. The molecule has 0 spiro atoms. The van der Waals surface area contributed by atoms with Gasteiger partial charge in [-0.3, -0.25) is 0 Å². The Morgan fingerprint density at radius 2 is 1.55 bits per heavy atom. The van der Waals surface area contributed by atoms with Crippen LogP contribution in [0.5, 0.6) is 0 Å². The summed E-state index contributed by atoms with van der Waals surface area (Å²) < 4.78 is 49.2. The molecule has 0 aliphatic carbocycles. The Labute approximate surface area is 130 Å². The van der Waals surface area contributed by atoms with Gasteiger partial charge in [-0.2, -0.15) is 0 Å². The van der Waals surface area contributed by atoms with Gasteiger partial charge in [0, 0.05) is 6.54 Å². The Hall–Kier alpha value is -1.74. The zero-order valence-electron chi connectivity index (χ0n) is 11.9. The lowest BCUT2D eigenvalue weighted by atomic mass is 10.2. The number of primary sulfonamides is 1. The smallest absolute Gasteiger partial charge is 0.225 e. The van der Waals surface area contributed by atoms with Gasteiger partial charge in [-0.1, -0.05) is 30.3 Å². The van der Waals surface area contributed by atoms with Crippen LogP contribution >= 0.6 is 0 Å². The number of nitrogens with one attached hydrogen (secondary N) is 1. The zero-order valence-corrected chi connectivity index (χ0v) is 13.5. The highest BCUT2D eigenvalue weighted by Gasteiger charge is 2.16. The lowest BCUT2D eigenvalue weighted by Crippen LogP contribution is -2.24. The Morgan fingerprint density at radius 1 is 0.955 bits per heavy atom. The standard InChI is InChI=1S/C14H16N2O4S2/c1-11-4-2-3-5-14(11)22(19,20)16-10-12-6-8-13(9-7-12)21(15,17)18/h2-9,16H,10H2,1H3,(H2,15,17,18). The summed E-state index contributed by atoms with van der Waals surface area (Å²) in [6.07, 6.45) is 0. The van der Waals surface area contributed by atoms with Crippen molar-refractivity contribution in [1.29, 1.82) is 0 Å². The fourth-order valence-corrected chi connectivity index (χ4v) is 3.69. The first kappa shape index (κ1) is 16.6. The van der Waals surface area contributed by atoms with Gasteiger partial charge in [0.1, 0.15) is 0 Å². The summed E-state index contributed by atoms with van der Waals surface area (Å²) in [5.41, 5.74) is 1.28. The van der Waals surface area contributed by atoms with Gasteiger partial charge >= 0.3 is 0 Å². The molecule has 2 aromatic rings. The Bertz CT molecular complexity index is 873. The van der Waals surface area contributed by atoms with Gasteiger partial charge in [0.05, 0.1) is 9.79 Å². The lowest BCUT2D eigenvalue weighted by Gasteiger charge is -2.09. The van der Waals surface area contributed by atoms with Crippen molar-refractivity contribution in [3.8, 4) is 0 Å². The molecule has 6 nitrogen and oxygen atoms in total. The molecule has 0 radical (unpaired) electrons. The van der Waals surface area contributed by atoms with Crippen molar-refractivity contribution in [2.75, 3.05) is 0 Å². The number of hydrogen-bond acceptors (Lipinski definition) is 4. The first-order chi connectivity index (χ1) is 10.2. The number of sulfonamides is 2. The third-order valence-electron chi connectivity index (χ3n) is 3.10. The predicted molar refractivity (Wildman–Crippen MR) is 83.0 cm³/mol. The summed E-state index contributed by atoms with van der Waals surface area (Å²) in [4.78, 5) is 0.203. The van der Waals surface area contributed by atoms with Gasteiger partial charge in [-0.05, 0) is 36.2 Å². The summed E-state index contributed by atoms with van der Waals surface area (Å²) >= 11 is 0. The molecule has 0 unspecified atom stereocenters. The van der Waals surface area contributed by atoms with Gasteiger partial charge in [0.25, 0.3) is 0 Å². The first-order valence-corrected chi connectivity index (χ1v) is 9.40. The molecule has 0 aliphatic heterocycles. The number of aryl methyl sites for hydroxylation is 1. The topological polar surface area (TPSA) is 106 Å². The van der Waals surface area contributed by atoms with E-state index in [1.807, 2.05) is 0 Å². The number of benzene rings is 2. The molecule has 22 heavy (non-hydrogen) atoms. The van der Waals surface area contributed by atoms with Crippen LogP contribution in [-0.2, 0) is 26.6 Å². The normalized spacial score (nSPS) is 12.3. The van der Waals surface area contributed by atoms with Crippen LogP contribution in [0, 0.1) is 6.92 Å². The molecule has 0 amide bonds. The third-order valence-corrected chi connectivity index (χ3v) is 5.59. The maximum atomic E-state index is 12.2. The van der Waals surface area contributed by atoms with Crippen LogP contribution in [0.1, 0.15) is 11.1 Å². The number of rotatable bonds is 5. The minimum absolute atomic E-state index is 0.0157. The highest BCUT2D eigenvalue weighted by atomic mass is 32.2. The molecule has 0 aliphatic rings. The summed E-state index contributed by atoms with van der Waals surface area (Å²) in [6.45, 7) is 1.77. The molecule has 2 aromatic carbocycles. The highest BCUT2D eigenvalue weighted by Crippen LogP contribution is 2.15. The molecule has 0 aromatic heterocycles. The SMILES string of the molecule is Cc1ccccc1S(=O)(=O)NCc1ccc(S(N)(=O)=O)cc1. The fourth-order valence-electron chi connectivity index (χ4n) is 1.91. The van der Waals surface area contributed by atoms with Crippen LogP contribution in [-0.4, -0.2) is 16.8 Å². The molecule has 0 saturated carbocycles. The van der Waals surface area contributed by atoms with E-state index in [9.17, 15) is 16.8 Å². The fraction of sp³-hybridized carbons (Fsp3) is 0.143. The van der Waals surface area contributed by atoms with Crippen molar-refractivity contribution in [1.82, 2.24) is 4.72 Å². The van der Waals surface area contributed by atoms with E-state index < -0.39 is 20.0 Å². The van der Waals surface area contributed by atoms with Gasteiger partial charge in [-0.15, -0.1) is 0 Å². The summed E-state index contributed by atoms with van der Waals surface area (Å²) in [5.74, 6) is 0. The van der Waals surface area contributed by atoms with Gasteiger partial charge < -0.3 is 0 Å². The van der Waals surface area contributed by atoms with E-state index in [0.29, 0.717) is 11.1 Å². The Morgan fingerprint density at radius 3 is 2.09 bits per heavy atom. The Balaban J connectivity index is 2.15. The molecule has 0 atom stereocenters. The summed E-state index contributed by atoms with van der Waals surface area (Å²) in [5, 5.41) is 5.00. The van der Waals surface area contributed by atoms with Crippen LogP contribution in [0.15, 0.2) is 58.3 Å².